The topological polar surface area (TPSA) is 155 Å². The van der Waals surface area contributed by atoms with E-state index < -0.39 is 49.2 Å². The molecule has 268 valence electrons. The lowest BCUT2D eigenvalue weighted by Gasteiger charge is -2.62. The van der Waals surface area contributed by atoms with E-state index in [-0.39, 0.29) is 57.9 Å². The molecule has 2 saturated heterocycles. The summed E-state index contributed by atoms with van der Waals surface area (Å²) in [6.07, 6.45) is 2.76. The molecule has 0 aromatic heterocycles. The van der Waals surface area contributed by atoms with Crippen LogP contribution in [0, 0.1) is 57.2 Å². The molecule has 10 heteroatoms. The van der Waals surface area contributed by atoms with E-state index in [2.05, 4.69) is 20.8 Å². The van der Waals surface area contributed by atoms with Gasteiger partial charge in [-0.2, -0.15) is 0 Å². The highest BCUT2D eigenvalue weighted by molar-refractivity contribution is 5.83. The van der Waals surface area contributed by atoms with Gasteiger partial charge in [0.1, 0.15) is 35.8 Å². The molecule has 17 atom stereocenters. The van der Waals surface area contributed by atoms with E-state index in [0.29, 0.717) is 30.6 Å². The Morgan fingerprint density at radius 1 is 0.915 bits per heavy atom. The quantitative estimate of drug-likeness (QED) is 0.261. The minimum Gasteiger partial charge on any atom is -0.394 e. The molecule has 5 saturated carbocycles. The smallest absolute Gasteiger partial charge is 0.186 e. The average Bonchev–Trinajstić information content (AvgIpc) is 3.45. The molecule has 0 amide bonds. The number of aliphatic hydroxyl groups is 5. The predicted molar refractivity (Wildman–Crippen MR) is 171 cm³/mol. The highest BCUT2D eigenvalue weighted by Crippen LogP contribution is 2.88. The fourth-order valence-corrected chi connectivity index (χ4v) is 13.2. The summed E-state index contributed by atoms with van der Waals surface area (Å²) < 4.78 is 23.8. The molecule has 7 aliphatic rings. The van der Waals surface area contributed by atoms with Gasteiger partial charge in [0.25, 0.3) is 0 Å². The van der Waals surface area contributed by atoms with Crippen LogP contribution in [0.15, 0.2) is 0 Å². The predicted octanol–water partition coefficient (Wildman–Crippen LogP) is 3.19. The number of ether oxygens (including phenoxy) is 4. The third kappa shape index (κ3) is 4.64. The fraction of sp³-hybridized carbons (Fsp3) is 0.973. The average molecular weight is 665 g/mol. The summed E-state index contributed by atoms with van der Waals surface area (Å²) in [6.45, 7) is 11.2. The minimum absolute atomic E-state index is 0.0378. The molecule has 5 aliphatic carbocycles. The van der Waals surface area contributed by atoms with E-state index in [1.165, 1.54) is 32.1 Å². The van der Waals surface area contributed by atoms with Crippen molar-refractivity contribution < 1.29 is 49.3 Å². The van der Waals surface area contributed by atoms with Gasteiger partial charge in [0.15, 0.2) is 12.6 Å². The first kappa shape index (κ1) is 34.7. The lowest BCUT2D eigenvalue weighted by Crippen LogP contribution is -2.59. The third-order valence-corrected chi connectivity index (χ3v) is 16.3. The number of Topliss-reactive ketones (excluding diaryl/α,β-unsaturated/α-hetero) is 1. The van der Waals surface area contributed by atoms with Gasteiger partial charge in [0.2, 0.25) is 0 Å². The normalized spacial score (nSPS) is 56.1. The van der Waals surface area contributed by atoms with Crippen molar-refractivity contribution in [3.05, 3.63) is 0 Å². The van der Waals surface area contributed by atoms with Crippen molar-refractivity contribution in [1.29, 1.82) is 0 Å². The van der Waals surface area contributed by atoms with Crippen molar-refractivity contribution in [2.45, 2.75) is 148 Å². The largest absolute Gasteiger partial charge is 0.394 e. The van der Waals surface area contributed by atoms with Gasteiger partial charge in [-0.25, -0.2) is 0 Å². The number of aliphatic hydroxyl groups excluding tert-OH is 4. The van der Waals surface area contributed by atoms with Crippen LogP contribution in [0.1, 0.15) is 98.8 Å². The van der Waals surface area contributed by atoms with E-state index in [4.69, 9.17) is 18.9 Å². The molecule has 0 bridgehead atoms. The standard InChI is InChI=1S/C37H60O10/c1-19(2)37(43)15-25(47-32(37)44-6)20(3)22-9-11-34(5)27-8-7-23-21(17-45-31-30(42)29(41)28(40)26(16-38)46-31)24(39)10-12-35(23)18-36(27,35)14-13-33(22,34)4/h19-23,25-32,38,40-43H,7-18H2,1-6H3/t20-,21-,22+,23-,25?,26+,27-,28+,29-,30+,31+,32?,33+,34-,35+,36-,37?/m0/s1. The maximum absolute atomic E-state index is 13.5. The van der Waals surface area contributed by atoms with Crippen molar-refractivity contribution in [2.75, 3.05) is 20.3 Å². The molecule has 10 nitrogen and oxygen atoms in total. The van der Waals surface area contributed by atoms with Gasteiger partial charge in [-0.3, -0.25) is 4.79 Å². The highest BCUT2D eigenvalue weighted by Gasteiger charge is 2.81. The van der Waals surface area contributed by atoms with Crippen LogP contribution in [0.2, 0.25) is 0 Å². The maximum Gasteiger partial charge on any atom is 0.186 e. The molecular formula is C37H60O10. The summed E-state index contributed by atoms with van der Waals surface area (Å²) in [5.41, 5.74) is -0.245. The molecule has 47 heavy (non-hydrogen) atoms. The van der Waals surface area contributed by atoms with Crippen molar-refractivity contribution in [3.63, 3.8) is 0 Å². The first-order valence-electron chi connectivity index (χ1n) is 18.5. The second kappa shape index (κ2) is 11.7. The number of hydrogen-bond donors (Lipinski definition) is 5. The number of fused-ring (bicyclic) bond motifs is 2. The van der Waals surface area contributed by atoms with Crippen LogP contribution < -0.4 is 0 Å². The van der Waals surface area contributed by atoms with Crippen LogP contribution in [0.3, 0.4) is 0 Å². The summed E-state index contributed by atoms with van der Waals surface area (Å²) in [6, 6.07) is 0. The van der Waals surface area contributed by atoms with Crippen LogP contribution in [-0.4, -0.2) is 100 Å². The van der Waals surface area contributed by atoms with Crippen molar-refractivity contribution in [2.24, 2.45) is 57.2 Å². The van der Waals surface area contributed by atoms with E-state index >= 15 is 0 Å². The second-order valence-electron chi connectivity index (χ2n) is 17.8. The van der Waals surface area contributed by atoms with E-state index in [0.717, 1.165) is 19.3 Å². The second-order valence-corrected chi connectivity index (χ2v) is 17.8. The molecule has 2 aliphatic heterocycles. The van der Waals surface area contributed by atoms with Gasteiger partial charge in [0, 0.05) is 25.9 Å². The first-order valence-corrected chi connectivity index (χ1v) is 18.5. The number of methoxy groups -OCH3 is 1. The number of rotatable bonds is 8. The summed E-state index contributed by atoms with van der Waals surface area (Å²) in [4.78, 5) is 13.5. The Morgan fingerprint density at radius 3 is 2.32 bits per heavy atom. The molecule has 7 fully saturated rings. The summed E-state index contributed by atoms with van der Waals surface area (Å²) >= 11 is 0. The third-order valence-electron chi connectivity index (χ3n) is 16.3. The van der Waals surface area contributed by atoms with Crippen LogP contribution in [0.4, 0.5) is 0 Å². The minimum atomic E-state index is -1.50. The van der Waals surface area contributed by atoms with Crippen molar-refractivity contribution in [3.8, 4) is 0 Å². The van der Waals surface area contributed by atoms with Gasteiger partial charge < -0.3 is 44.5 Å². The summed E-state index contributed by atoms with van der Waals surface area (Å²) in [5.74, 6) is 1.59. The molecule has 5 N–H and O–H groups in total. The zero-order valence-electron chi connectivity index (χ0n) is 29.3. The van der Waals surface area contributed by atoms with Gasteiger partial charge in [0.05, 0.1) is 19.3 Å². The first-order chi connectivity index (χ1) is 22.1. The number of hydrogen-bond acceptors (Lipinski definition) is 10. The van der Waals surface area contributed by atoms with Crippen LogP contribution >= 0.6 is 0 Å². The van der Waals surface area contributed by atoms with Gasteiger partial charge in [-0.05, 0) is 103 Å². The van der Waals surface area contributed by atoms with Crippen molar-refractivity contribution >= 4 is 5.78 Å². The van der Waals surface area contributed by atoms with Crippen LogP contribution in [0.25, 0.3) is 0 Å². The molecule has 0 aromatic carbocycles. The molecule has 0 radical (unpaired) electrons. The van der Waals surface area contributed by atoms with Gasteiger partial charge in [-0.1, -0.05) is 34.6 Å². The highest BCUT2D eigenvalue weighted by atomic mass is 16.7. The van der Waals surface area contributed by atoms with Crippen molar-refractivity contribution in [1.82, 2.24) is 0 Å². The zero-order valence-corrected chi connectivity index (χ0v) is 29.3. The van der Waals surface area contributed by atoms with E-state index in [1.807, 2.05) is 13.8 Å². The number of ketones is 1. The molecule has 2 heterocycles. The molecule has 7 rings (SSSR count). The Bertz CT molecular complexity index is 1210. The fourth-order valence-electron chi connectivity index (χ4n) is 13.2. The molecule has 3 unspecified atom stereocenters. The molecule has 0 aromatic rings. The van der Waals surface area contributed by atoms with Gasteiger partial charge in [-0.15, -0.1) is 0 Å². The Balaban J connectivity index is 1.07. The lowest BCUT2D eigenvalue weighted by atomic mass is 9.43. The lowest BCUT2D eigenvalue weighted by molar-refractivity contribution is -0.304. The van der Waals surface area contributed by atoms with E-state index in [1.54, 1.807) is 7.11 Å². The summed E-state index contributed by atoms with van der Waals surface area (Å²) in [7, 11) is 1.63. The zero-order chi connectivity index (χ0) is 33.9. The maximum atomic E-state index is 13.5. The summed E-state index contributed by atoms with van der Waals surface area (Å²) in [5, 5.41) is 52.1. The molecular weight excluding hydrogens is 604 g/mol. The van der Waals surface area contributed by atoms with Crippen LogP contribution in [-0.2, 0) is 23.7 Å². The Morgan fingerprint density at radius 2 is 1.66 bits per heavy atom. The number of carbonyl (C=O) groups excluding carboxylic acids is 1. The van der Waals surface area contributed by atoms with E-state index in [9.17, 15) is 30.3 Å². The Kier molecular flexibility index (Phi) is 8.63. The molecule has 2 spiro atoms. The Hall–Kier alpha value is -0.690. The monoisotopic (exact) mass is 664 g/mol. The SMILES string of the molecule is COC1OC([C@@H](C)[C@H]2CC[C@@]3(C)[C@@H]4CC[C@H]5[C@H](CO[C@@H]6O[C@H](CO)[C@@H](O)[C@H](O)[C@H]6O)C(=O)CC[C@@]56C[C@@]46CC[C@]23C)CC1(O)C(C)C. The van der Waals surface area contributed by atoms with Gasteiger partial charge >= 0.3 is 0 Å². The Labute approximate surface area is 279 Å². The van der Waals surface area contributed by atoms with Crippen LogP contribution in [0.5, 0.6) is 0 Å². The number of carbonyl (C=O) groups is 1.